The van der Waals surface area contributed by atoms with Gasteiger partial charge in [-0.1, -0.05) is 12.8 Å². The van der Waals surface area contributed by atoms with Crippen molar-refractivity contribution in [3.8, 4) is 16.9 Å². The standard InChI is InChI=1S/C12H17NOS/c1-5-9-15-12-11(14-4)7-8-13(12)10(3)6-2/h7-8,10H,6H2,1-4H3. The number of aromatic nitrogens is 1. The molecule has 0 bridgehead atoms. The van der Waals surface area contributed by atoms with Crippen LogP contribution in [-0.4, -0.2) is 11.7 Å². The van der Waals surface area contributed by atoms with Crippen molar-refractivity contribution >= 4 is 11.8 Å². The summed E-state index contributed by atoms with van der Waals surface area (Å²) in [6, 6.07) is 2.47. The van der Waals surface area contributed by atoms with Gasteiger partial charge in [0, 0.05) is 12.2 Å². The zero-order valence-corrected chi connectivity index (χ0v) is 10.5. The van der Waals surface area contributed by atoms with E-state index >= 15 is 0 Å². The monoisotopic (exact) mass is 223 g/mol. The van der Waals surface area contributed by atoms with Gasteiger partial charge in [0.05, 0.1) is 7.11 Å². The second kappa shape index (κ2) is 5.77. The van der Waals surface area contributed by atoms with Crippen LogP contribution >= 0.6 is 11.8 Å². The summed E-state index contributed by atoms with van der Waals surface area (Å²) < 4.78 is 7.52. The van der Waals surface area contributed by atoms with Gasteiger partial charge >= 0.3 is 0 Å². The number of nitrogens with zero attached hydrogens (tertiary/aromatic N) is 1. The molecule has 0 aliphatic heterocycles. The Balaban J connectivity index is 3.03. The average molecular weight is 223 g/mol. The van der Waals surface area contributed by atoms with E-state index in [1.54, 1.807) is 7.11 Å². The van der Waals surface area contributed by atoms with Crippen LogP contribution in [0.3, 0.4) is 0 Å². The van der Waals surface area contributed by atoms with Gasteiger partial charge < -0.3 is 9.30 Å². The molecule has 1 aromatic heterocycles. The van der Waals surface area contributed by atoms with E-state index < -0.39 is 0 Å². The molecule has 15 heavy (non-hydrogen) atoms. The van der Waals surface area contributed by atoms with Crippen LogP contribution in [0.5, 0.6) is 5.75 Å². The first-order valence-electron chi connectivity index (χ1n) is 5.08. The van der Waals surface area contributed by atoms with E-state index in [1.165, 1.54) is 11.8 Å². The van der Waals surface area contributed by atoms with Gasteiger partial charge in [-0.05, 0) is 43.3 Å². The molecule has 0 amide bonds. The van der Waals surface area contributed by atoms with Crippen LogP contribution in [0.1, 0.15) is 33.2 Å². The molecule has 0 N–H and O–H groups in total. The summed E-state index contributed by atoms with van der Waals surface area (Å²) in [6.07, 6.45) is 3.16. The molecule has 1 aromatic rings. The highest BCUT2D eigenvalue weighted by Gasteiger charge is 2.12. The van der Waals surface area contributed by atoms with Gasteiger partial charge in [-0.25, -0.2) is 0 Å². The van der Waals surface area contributed by atoms with Gasteiger partial charge in [0.1, 0.15) is 5.03 Å². The molecule has 82 valence electrons. The lowest BCUT2D eigenvalue weighted by Gasteiger charge is -2.14. The van der Waals surface area contributed by atoms with E-state index in [0.717, 1.165) is 17.2 Å². The van der Waals surface area contributed by atoms with Crippen molar-refractivity contribution in [3.63, 3.8) is 0 Å². The molecule has 0 radical (unpaired) electrons. The third-order valence-corrected chi connectivity index (χ3v) is 3.28. The number of thioether (sulfide) groups is 1. The minimum Gasteiger partial charge on any atom is -0.494 e. The SMILES string of the molecule is CC#CSc1c(OC)ccn1C(C)CC. The molecule has 0 saturated carbocycles. The van der Waals surface area contributed by atoms with Crippen LogP contribution in [0.15, 0.2) is 17.3 Å². The van der Waals surface area contributed by atoms with E-state index in [-0.39, 0.29) is 0 Å². The zero-order chi connectivity index (χ0) is 11.3. The maximum absolute atomic E-state index is 5.31. The van der Waals surface area contributed by atoms with Crippen LogP contribution in [0.4, 0.5) is 0 Å². The maximum Gasteiger partial charge on any atom is 0.151 e. The van der Waals surface area contributed by atoms with Crippen LogP contribution in [0.25, 0.3) is 0 Å². The molecule has 3 heteroatoms. The maximum atomic E-state index is 5.31. The van der Waals surface area contributed by atoms with Crippen molar-refractivity contribution in [2.24, 2.45) is 0 Å². The first kappa shape index (κ1) is 12.1. The molecule has 0 aliphatic rings. The number of rotatable bonds is 4. The van der Waals surface area contributed by atoms with Crippen molar-refractivity contribution in [1.82, 2.24) is 4.57 Å². The van der Waals surface area contributed by atoms with Gasteiger partial charge in [-0.2, -0.15) is 0 Å². The van der Waals surface area contributed by atoms with E-state index in [4.69, 9.17) is 4.74 Å². The Labute approximate surface area is 96.0 Å². The summed E-state index contributed by atoms with van der Waals surface area (Å²) in [5.74, 6) is 3.79. The topological polar surface area (TPSA) is 14.2 Å². The number of hydrogen-bond donors (Lipinski definition) is 0. The van der Waals surface area contributed by atoms with Crippen molar-refractivity contribution < 1.29 is 4.74 Å². The summed E-state index contributed by atoms with van der Waals surface area (Å²) >= 11 is 1.53. The average Bonchev–Trinajstić information content (AvgIpc) is 2.67. The molecule has 0 saturated heterocycles. The summed E-state index contributed by atoms with van der Waals surface area (Å²) in [7, 11) is 1.69. The molecular formula is C12H17NOS. The minimum absolute atomic E-state index is 0.482. The quantitative estimate of drug-likeness (QED) is 0.572. The zero-order valence-electron chi connectivity index (χ0n) is 9.70. The van der Waals surface area contributed by atoms with Crippen LogP contribution in [0.2, 0.25) is 0 Å². The second-order valence-corrected chi connectivity index (χ2v) is 4.10. The lowest BCUT2D eigenvalue weighted by atomic mass is 10.3. The molecule has 1 heterocycles. The summed E-state index contributed by atoms with van der Waals surface area (Å²) in [5.41, 5.74) is 0. The Hall–Kier alpha value is -1.01. The predicted octanol–water partition coefficient (Wildman–Crippen LogP) is 3.54. The highest BCUT2D eigenvalue weighted by Crippen LogP contribution is 2.32. The van der Waals surface area contributed by atoms with Crippen molar-refractivity contribution in [3.05, 3.63) is 12.3 Å². The van der Waals surface area contributed by atoms with Gasteiger partial charge in [0.25, 0.3) is 0 Å². The van der Waals surface area contributed by atoms with E-state index in [9.17, 15) is 0 Å². The molecule has 0 spiro atoms. The summed E-state index contributed by atoms with van der Waals surface area (Å²) in [4.78, 5) is 0. The fraction of sp³-hybridized carbons (Fsp3) is 0.500. The molecular weight excluding hydrogens is 206 g/mol. The lowest BCUT2D eigenvalue weighted by molar-refractivity contribution is 0.393. The van der Waals surface area contributed by atoms with Crippen molar-refractivity contribution in [2.75, 3.05) is 7.11 Å². The van der Waals surface area contributed by atoms with E-state index in [0.29, 0.717) is 6.04 Å². The van der Waals surface area contributed by atoms with Gasteiger partial charge in [-0.3, -0.25) is 0 Å². The summed E-state index contributed by atoms with van der Waals surface area (Å²) in [6.45, 7) is 6.22. The Bertz CT molecular complexity index is 373. The van der Waals surface area contributed by atoms with Gasteiger partial charge in [-0.15, -0.1) is 0 Å². The van der Waals surface area contributed by atoms with Crippen LogP contribution in [0, 0.1) is 11.2 Å². The lowest BCUT2D eigenvalue weighted by Crippen LogP contribution is -2.03. The highest BCUT2D eigenvalue weighted by atomic mass is 32.2. The largest absolute Gasteiger partial charge is 0.494 e. The Morgan fingerprint density at radius 3 is 2.87 bits per heavy atom. The normalized spacial score (nSPS) is 11.7. The van der Waals surface area contributed by atoms with Crippen LogP contribution < -0.4 is 4.74 Å². The molecule has 1 atom stereocenters. The first-order chi connectivity index (χ1) is 7.24. The van der Waals surface area contributed by atoms with E-state index in [2.05, 4.69) is 35.8 Å². The minimum atomic E-state index is 0.482. The molecule has 0 fully saturated rings. The molecule has 0 aromatic carbocycles. The van der Waals surface area contributed by atoms with Crippen molar-refractivity contribution in [1.29, 1.82) is 0 Å². The third-order valence-electron chi connectivity index (χ3n) is 2.37. The summed E-state index contributed by atoms with van der Waals surface area (Å²) in [5, 5.41) is 4.11. The first-order valence-corrected chi connectivity index (χ1v) is 5.89. The van der Waals surface area contributed by atoms with Crippen molar-refractivity contribution in [2.45, 2.75) is 38.3 Å². The molecule has 0 aliphatic carbocycles. The fourth-order valence-corrected chi connectivity index (χ4v) is 2.11. The number of ether oxygens (including phenoxy) is 1. The van der Waals surface area contributed by atoms with Gasteiger partial charge in [0.15, 0.2) is 5.75 Å². The third kappa shape index (κ3) is 2.73. The molecule has 1 rings (SSSR count). The second-order valence-electron chi connectivity index (χ2n) is 3.31. The molecule has 2 nitrogen and oxygen atoms in total. The molecule has 1 unspecified atom stereocenters. The predicted molar refractivity (Wildman–Crippen MR) is 65.3 cm³/mol. The van der Waals surface area contributed by atoms with Crippen LogP contribution in [-0.2, 0) is 0 Å². The Kier molecular flexibility index (Phi) is 4.64. The Morgan fingerprint density at radius 1 is 1.60 bits per heavy atom. The highest BCUT2D eigenvalue weighted by molar-refractivity contribution is 8.03. The number of methoxy groups -OCH3 is 1. The fourth-order valence-electron chi connectivity index (χ4n) is 1.32. The number of hydrogen-bond acceptors (Lipinski definition) is 2. The van der Waals surface area contributed by atoms with E-state index in [1.807, 2.05) is 13.0 Å². The smallest absolute Gasteiger partial charge is 0.151 e. The van der Waals surface area contributed by atoms with Gasteiger partial charge in [0.2, 0.25) is 0 Å². The Morgan fingerprint density at radius 2 is 2.33 bits per heavy atom.